The SMILES string of the molecule is CCOc1cc(NCCCOCC2CC2)nc(C)n1. The van der Waals surface area contributed by atoms with Crippen molar-refractivity contribution < 1.29 is 9.47 Å². The molecule has 0 atom stereocenters. The van der Waals surface area contributed by atoms with E-state index in [2.05, 4.69) is 15.3 Å². The molecule has 1 aromatic rings. The molecule has 0 unspecified atom stereocenters. The van der Waals surface area contributed by atoms with Gasteiger partial charge in [0.1, 0.15) is 11.6 Å². The Morgan fingerprint density at radius 3 is 2.95 bits per heavy atom. The van der Waals surface area contributed by atoms with E-state index in [4.69, 9.17) is 9.47 Å². The number of anilines is 1. The first-order valence-electron chi connectivity index (χ1n) is 7.08. The molecular weight excluding hydrogens is 242 g/mol. The van der Waals surface area contributed by atoms with Crippen molar-refractivity contribution in [3.05, 3.63) is 11.9 Å². The molecular formula is C14H23N3O2. The summed E-state index contributed by atoms with van der Waals surface area (Å²) >= 11 is 0. The lowest BCUT2D eigenvalue weighted by Gasteiger charge is -2.09. The summed E-state index contributed by atoms with van der Waals surface area (Å²) in [5, 5.41) is 3.28. The van der Waals surface area contributed by atoms with Crippen LogP contribution in [-0.4, -0.2) is 36.3 Å². The zero-order chi connectivity index (χ0) is 13.5. The highest BCUT2D eigenvalue weighted by atomic mass is 16.5. The van der Waals surface area contributed by atoms with Crippen LogP contribution in [0.25, 0.3) is 0 Å². The molecule has 1 saturated carbocycles. The minimum Gasteiger partial charge on any atom is -0.478 e. The predicted octanol–water partition coefficient (Wildman–Crippen LogP) is 2.41. The van der Waals surface area contributed by atoms with E-state index in [0.29, 0.717) is 12.5 Å². The van der Waals surface area contributed by atoms with E-state index >= 15 is 0 Å². The van der Waals surface area contributed by atoms with Crippen molar-refractivity contribution in [2.45, 2.75) is 33.1 Å². The van der Waals surface area contributed by atoms with Crippen LogP contribution in [0.5, 0.6) is 5.88 Å². The minimum atomic E-state index is 0.616. The van der Waals surface area contributed by atoms with Crippen LogP contribution in [0.15, 0.2) is 6.07 Å². The second-order valence-corrected chi connectivity index (χ2v) is 4.87. The average Bonchev–Trinajstić information content (AvgIpc) is 3.17. The van der Waals surface area contributed by atoms with Crippen LogP contribution < -0.4 is 10.1 Å². The molecule has 1 heterocycles. The van der Waals surface area contributed by atoms with Gasteiger partial charge in [-0.1, -0.05) is 0 Å². The fourth-order valence-corrected chi connectivity index (χ4v) is 1.78. The lowest BCUT2D eigenvalue weighted by molar-refractivity contribution is 0.124. The van der Waals surface area contributed by atoms with Gasteiger partial charge in [-0.3, -0.25) is 0 Å². The molecule has 0 aromatic carbocycles. The van der Waals surface area contributed by atoms with E-state index < -0.39 is 0 Å². The maximum absolute atomic E-state index is 5.58. The standard InChI is InChI=1S/C14H23N3O2/c1-3-19-14-9-13(16-11(2)17-14)15-7-4-8-18-10-12-5-6-12/h9,12H,3-8,10H2,1-2H3,(H,15,16,17). The smallest absolute Gasteiger partial charge is 0.218 e. The van der Waals surface area contributed by atoms with Crippen molar-refractivity contribution in [3.63, 3.8) is 0 Å². The number of nitrogens with zero attached hydrogens (tertiary/aromatic N) is 2. The Morgan fingerprint density at radius 1 is 1.37 bits per heavy atom. The summed E-state index contributed by atoms with van der Waals surface area (Å²) in [6, 6.07) is 1.83. The second kappa shape index (κ2) is 7.28. The van der Waals surface area contributed by atoms with Gasteiger partial charge in [-0.25, -0.2) is 4.98 Å². The van der Waals surface area contributed by atoms with Crippen molar-refractivity contribution in [2.75, 3.05) is 31.7 Å². The molecule has 1 aromatic heterocycles. The molecule has 0 aliphatic heterocycles. The summed E-state index contributed by atoms with van der Waals surface area (Å²) < 4.78 is 11.0. The van der Waals surface area contributed by atoms with E-state index in [0.717, 1.165) is 43.7 Å². The maximum atomic E-state index is 5.58. The highest BCUT2D eigenvalue weighted by Gasteiger charge is 2.20. The lowest BCUT2D eigenvalue weighted by Crippen LogP contribution is -2.09. The van der Waals surface area contributed by atoms with Crippen LogP contribution >= 0.6 is 0 Å². The molecule has 106 valence electrons. The number of aromatic nitrogens is 2. The van der Waals surface area contributed by atoms with Crippen LogP contribution in [-0.2, 0) is 4.74 Å². The highest BCUT2D eigenvalue weighted by Crippen LogP contribution is 2.28. The van der Waals surface area contributed by atoms with Gasteiger partial charge < -0.3 is 14.8 Å². The third-order valence-electron chi connectivity index (χ3n) is 2.93. The molecule has 0 radical (unpaired) electrons. The summed E-state index contributed by atoms with van der Waals surface area (Å²) in [6.07, 6.45) is 3.68. The summed E-state index contributed by atoms with van der Waals surface area (Å²) in [6.45, 7) is 7.03. The topological polar surface area (TPSA) is 56.3 Å². The fraction of sp³-hybridized carbons (Fsp3) is 0.714. The normalized spacial score (nSPS) is 14.4. The van der Waals surface area contributed by atoms with Gasteiger partial charge >= 0.3 is 0 Å². The number of rotatable bonds is 9. The third-order valence-corrected chi connectivity index (χ3v) is 2.93. The fourth-order valence-electron chi connectivity index (χ4n) is 1.78. The number of hydrogen-bond acceptors (Lipinski definition) is 5. The molecule has 2 rings (SSSR count). The number of aryl methyl sites for hydroxylation is 1. The Balaban J connectivity index is 1.65. The van der Waals surface area contributed by atoms with Crippen molar-refractivity contribution in [1.29, 1.82) is 0 Å². The number of hydrogen-bond donors (Lipinski definition) is 1. The molecule has 0 spiro atoms. The van der Waals surface area contributed by atoms with Crippen LogP contribution in [0.3, 0.4) is 0 Å². The average molecular weight is 265 g/mol. The zero-order valence-corrected chi connectivity index (χ0v) is 11.8. The Morgan fingerprint density at radius 2 is 2.21 bits per heavy atom. The van der Waals surface area contributed by atoms with Crippen LogP contribution in [0.1, 0.15) is 32.0 Å². The summed E-state index contributed by atoms with van der Waals surface area (Å²) in [5.41, 5.74) is 0. The summed E-state index contributed by atoms with van der Waals surface area (Å²) in [5.74, 6) is 3.00. The molecule has 1 N–H and O–H groups in total. The van der Waals surface area contributed by atoms with Crippen molar-refractivity contribution in [2.24, 2.45) is 5.92 Å². The number of ether oxygens (including phenoxy) is 2. The molecule has 5 heteroatoms. The van der Waals surface area contributed by atoms with E-state index in [-0.39, 0.29) is 0 Å². The quantitative estimate of drug-likeness (QED) is 0.695. The molecule has 1 fully saturated rings. The van der Waals surface area contributed by atoms with Gasteiger partial charge in [0.05, 0.1) is 6.61 Å². The molecule has 0 saturated heterocycles. The zero-order valence-electron chi connectivity index (χ0n) is 11.8. The predicted molar refractivity (Wildman–Crippen MR) is 74.6 cm³/mol. The van der Waals surface area contributed by atoms with Gasteiger partial charge in [0.15, 0.2) is 0 Å². The lowest BCUT2D eigenvalue weighted by atomic mass is 10.4. The van der Waals surface area contributed by atoms with Crippen LogP contribution in [0.2, 0.25) is 0 Å². The maximum Gasteiger partial charge on any atom is 0.218 e. The molecule has 1 aliphatic rings. The van der Waals surface area contributed by atoms with Crippen LogP contribution in [0.4, 0.5) is 5.82 Å². The van der Waals surface area contributed by atoms with E-state index in [1.54, 1.807) is 0 Å². The summed E-state index contributed by atoms with van der Waals surface area (Å²) in [4.78, 5) is 8.54. The molecule has 19 heavy (non-hydrogen) atoms. The largest absolute Gasteiger partial charge is 0.478 e. The van der Waals surface area contributed by atoms with E-state index in [9.17, 15) is 0 Å². The Bertz CT molecular complexity index is 394. The first-order valence-corrected chi connectivity index (χ1v) is 7.08. The Labute approximate surface area is 114 Å². The molecule has 1 aliphatic carbocycles. The highest BCUT2D eigenvalue weighted by molar-refractivity contribution is 5.38. The van der Waals surface area contributed by atoms with E-state index in [1.165, 1.54) is 12.8 Å². The van der Waals surface area contributed by atoms with Crippen LogP contribution in [0, 0.1) is 12.8 Å². The molecule has 0 amide bonds. The Kier molecular flexibility index (Phi) is 5.39. The number of nitrogens with one attached hydrogen (secondary N) is 1. The van der Waals surface area contributed by atoms with Crippen molar-refractivity contribution >= 4 is 5.82 Å². The second-order valence-electron chi connectivity index (χ2n) is 4.87. The Hall–Kier alpha value is -1.36. The third kappa shape index (κ3) is 5.42. The molecule has 5 nitrogen and oxygen atoms in total. The molecule has 0 bridgehead atoms. The van der Waals surface area contributed by atoms with Crippen molar-refractivity contribution in [3.8, 4) is 5.88 Å². The van der Waals surface area contributed by atoms with Gasteiger partial charge in [-0.05, 0) is 39.0 Å². The monoisotopic (exact) mass is 265 g/mol. The van der Waals surface area contributed by atoms with Crippen molar-refractivity contribution in [1.82, 2.24) is 9.97 Å². The van der Waals surface area contributed by atoms with Gasteiger partial charge in [-0.15, -0.1) is 0 Å². The minimum absolute atomic E-state index is 0.616. The summed E-state index contributed by atoms with van der Waals surface area (Å²) in [7, 11) is 0. The van der Waals surface area contributed by atoms with Gasteiger partial charge in [-0.2, -0.15) is 4.98 Å². The van der Waals surface area contributed by atoms with E-state index in [1.807, 2.05) is 19.9 Å². The first-order chi connectivity index (χ1) is 9.28. The first kappa shape index (κ1) is 14.1. The van der Waals surface area contributed by atoms with Gasteiger partial charge in [0.2, 0.25) is 5.88 Å². The van der Waals surface area contributed by atoms with Gasteiger partial charge in [0, 0.05) is 25.8 Å². The van der Waals surface area contributed by atoms with Gasteiger partial charge in [0.25, 0.3) is 0 Å².